The van der Waals surface area contributed by atoms with E-state index in [2.05, 4.69) is 34.2 Å². The van der Waals surface area contributed by atoms with Crippen LogP contribution in [0.2, 0.25) is 0 Å². The van der Waals surface area contributed by atoms with Crippen molar-refractivity contribution in [3.63, 3.8) is 0 Å². The summed E-state index contributed by atoms with van der Waals surface area (Å²) in [5.74, 6) is 2.48. The van der Waals surface area contributed by atoms with Crippen LogP contribution < -0.4 is 10.5 Å². The highest BCUT2D eigenvalue weighted by atomic mass is 15.3. The van der Waals surface area contributed by atoms with Gasteiger partial charge in [0.25, 0.3) is 0 Å². The van der Waals surface area contributed by atoms with Crippen LogP contribution in [0.3, 0.4) is 0 Å². The molecule has 7 nitrogen and oxygen atoms in total. The number of pyridine rings is 1. The second-order valence-corrected chi connectivity index (χ2v) is 6.74. The van der Waals surface area contributed by atoms with Crippen LogP contribution in [0.5, 0.6) is 0 Å². The zero-order valence-electron chi connectivity index (χ0n) is 15.6. The molecular formula is C16H26BN7. The van der Waals surface area contributed by atoms with Crippen LogP contribution in [-0.2, 0) is 13.5 Å². The zero-order valence-corrected chi connectivity index (χ0v) is 15.6. The molecular weight excluding hydrogens is 301 g/mol. The van der Waals surface area contributed by atoms with Gasteiger partial charge in [-0.05, 0) is 44.9 Å². The molecule has 0 atom stereocenters. The van der Waals surface area contributed by atoms with Gasteiger partial charge in [0.2, 0.25) is 7.98 Å². The van der Waals surface area contributed by atoms with E-state index in [1.54, 1.807) is 4.68 Å². The van der Waals surface area contributed by atoms with Crippen molar-refractivity contribution >= 4 is 31.1 Å². The summed E-state index contributed by atoms with van der Waals surface area (Å²) < 4.78 is 1.77. The standard InChI is InChI=1S/C16H26BN7/c1-9(2)7-12-11(4)16(24(6)22-12)21-20-14-10(3)8-13(23(5)17)19-15(14)18/h8-9H,7,17H2,1-6H3,(H2,18,19). The monoisotopic (exact) mass is 327 g/mol. The fourth-order valence-electron chi connectivity index (χ4n) is 2.52. The van der Waals surface area contributed by atoms with Gasteiger partial charge in [-0.25, -0.2) is 9.67 Å². The van der Waals surface area contributed by atoms with Crippen molar-refractivity contribution in [3.8, 4) is 0 Å². The number of azo groups is 1. The first-order valence-corrected chi connectivity index (χ1v) is 8.09. The van der Waals surface area contributed by atoms with Gasteiger partial charge in [0.1, 0.15) is 11.5 Å². The van der Waals surface area contributed by atoms with Crippen LogP contribution in [0.25, 0.3) is 0 Å². The summed E-state index contributed by atoms with van der Waals surface area (Å²) in [7, 11) is 5.74. The van der Waals surface area contributed by atoms with E-state index in [9.17, 15) is 0 Å². The van der Waals surface area contributed by atoms with Crippen molar-refractivity contribution in [1.82, 2.24) is 14.8 Å². The Labute approximate surface area is 144 Å². The van der Waals surface area contributed by atoms with Crippen LogP contribution in [0.1, 0.15) is 30.7 Å². The predicted octanol–water partition coefficient (Wildman–Crippen LogP) is 2.61. The zero-order chi connectivity index (χ0) is 18.0. The molecule has 0 bridgehead atoms. The predicted molar refractivity (Wildman–Crippen MR) is 101 cm³/mol. The Hall–Kier alpha value is -2.38. The van der Waals surface area contributed by atoms with Crippen LogP contribution in [0, 0.1) is 19.8 Å². The number of aryl methyl sites for hydroxylation is 2. The number of hydrogen-bond donors (Lipinski definition) is 1. The highest BCUT2D eigenvalue weighted by Gasteiger charge is 2.14. The third-order valence-electron chi connectivity index (χ3n) is 3.85. The molecule has 24 heavy (non-hydrogen) atoms. The van der Waals surface area contributed by atoms with Crippen molar-refractivity contribution < 1.29 is 0 Å². The van der Waals surface area contributed by atoms with Gasteiger partial charge < -0.3 is 10.5 Å². The number of hydrogen-bond acceptors (Lipinski definition) is 6. The Morgan fingerprint density at radius 2 is 2.00 bits per heavy atom. The summed E-state index contributed by atoms with van der Waals surface area (Å²) in [5, 5.41) is 13.3. The maximum absolute atomic E-state index is 6.06. The lowest BCUT2D eigenvalue weighted by atomic mass is 10.1. The van der Waals surface area contributed by atoms with Gasteiger partial charge in [0, 0.05) is 12.6 Å². The molecule has 2 N–H and O–H groups in total. The van der Waals surface area contributed by atoms with E-state index in [1.807, 2.05) is 46.8 Å². The molecule has 8 heteroatoms. The van der Waals surface area contributed by atoms with Crippen LogP contribution in [-0.4, -0.2) is 29.8 Å². The van der Waals surface area contributed by atoms with Gasteiger partial charge in [-0.15, -0.1) is 10.2 Å². The quantitative estimate of drug-likeness (QED) is 0.676. The molecule has 0 aliphatic rings. The summed E-state index contributed by atoms with van der Waals surface area (Å²) >= 11 is 0. The van der Waals surface area contributed by atoms with E-state index >= 15 is 0 Å². The van der Waals surface area contributed by atoms with E-state index in [4.69, 9.17) is 5.73 Å². The van der Waals surface area contributed by atoms with Gasteiger partial charge >= 0.3 is 0 Å². The lowest BCUT2D eigenvalue weighted by Crippen LogP contribution is -2.14. The van der Waals surface area contributed by atoms with E-state index in [0.717, 1.165) is 34.9 Å². The molecule has 0 radical (unpaired) electrons. The lowest BCUT2D eigenvalue weighted by Gasteiger charge is -2.14. The fourth-order valence-corrected chi connectivity index (χ4v) is 2.52. The second kappa shape index (κ2) is 7.03. The van der Waals surface area contributed by atoms with Gasteiger partial charge in [0.15, 0.2) is 11.6 Å². The normalized spacial score (nSPS) is 11.6. The molecule has 2 aromatic rings. The molecule has 0 unspecified atom stereocenters. The summed E-state index contributed by atoms with van der Waals surface area (Å²) in [6.07, 6.45) is 0.926. The molecule has 0 amide bonds. The van der Waals surface area contributed by atoms with E-state index in [0.29, 0.717) is 17.4 Å². The Morgan fingerprint density at radius 1 is 1.33 bits per heavy atom. The summed E-state index contributed by atoms with van der Waals surface area (Å²) in [6.45, 7) is 8.34. The van der Waals surface area contributed by atoms with Crippen molar-refractivity contribution in [2.75, 3.05) is 17.6 Å². The van der Waals surface area contributed by atoms with Crippen molar-refractivity contribution in [2.45, 2.75) is 34.1 Å². The molecule has 0 saturated heterocycles. The molecule has 2 aromatic heterocycles. The average Bonchev–Trinajstić information content (AvgIpc) is 2.72. The van der Waals surface area contributed by atoms with E-state index < -0.39 is 0 Å². The fraction of sp³-hybridized carbons (Fsp3) is 0.500. The van der Waals surface area contributed by atoms with Gasteiger partial charge in [-0.3, -0.25) is 0 Å². The van der Waals surface area contributed by atoms with Gasteiger partial charge in [-0.2, -0.15) is 5.10 Å². The Kier molecular flexibility index (Phi) is 5.26. The largest absolute Gasteiger partial charge is 0.410 e. The molecule has 0 spiro atoms. The van der Waals surface area contributed by atoms with Crippen LogP contribution >= 0.6 is 0 Å². The van der Waals surface area contributed by atoms with E-state index in [-0.39, 0.29) is 0 Å². The first kappa shape index (κ1) is 18.0. The molecule has 0 aromatic carbocycles. The first-order valence-electron chi connectivity index (χ1n) is 8.09. The summed E-state index contributed by atoms with van der Waals surface area (Å²) in [4.78, 5) is 6.27. The topological polar surface area (TPSA) is 84.7 Å². The molecule has 0 fully saturated rings. The van der Waals surface area contributed by atoms with Gasteiger partial charge in [-0.1, -0.05) is 13.8 Å². The highest BCUT2D eigenvalue weighted by Crippen LogP contribution is 2.31. The van der Waals surface area contributed by atoms with Crippen LogP contribution in [0.4, 0.5) is 23.1 Å². The average molecular weight is 327 g/mol. The second-order valence-electron chi connectivity index (χ2n) is 6.74. The number of nitrogens with two attached hydrogens (primary N) is 1. The third-order valence-corrected chi connectivity index (χ3v) is 3.85. The van der Waals surface area contributed by atoms with Crippen LogP contribution in [0.15, 0.2) is 16.3 Å². The first-order chi connectivity index (χ1) is 11.2. The number of anilines is 2. The smallest absolute Gasteiger partial charge is 0.219 e. The maximum Gasteiger partial charge on any atom is 0.219 e. The third kappa shape index (κ3) is 3.75. The number of aromatic nitrogens is 3. The molecule has 2 heterocycles. The Morgan fingerprint density at radius 3 is 2.54 bits per heavy atom. The highest BCUT2D eigenvalue weighted by molar-refractivity contribution is 6.17. The SMILES string of the molecule is BN(C)c1cc(C)c(N=Nc2c(C)c(CC(C)C)nn2C)c(N)n1. The minimum absolute atomic E-state index is 0.379. The molecule has 0 aliphatic heterocycles. The number of nitrogens with zero attached hydrogens (tertiary/aromatic N) is 6. The summed E-state index contributed by atoms with van der Waals surface area (Å²) in [5.41, 5.74) is 9.72. The molecule has 0 aliphatic carbocycles. The minimum Gasteiger partial charge on any atom is -0.410 e. The van der Waals surface area contributed by atoms with Crippen molar-refractivity contribution in [2.24, 2.45) is 23.2 Å². The minimum atomic E-state index is 0.379. The van der Waals surface area contributed by atoms with Gasteiger partial charge in [0.05, 0.1) is 5.69 Å². The van der Waals surface area contributed by atoms with Crippen molar-refractivity contribution in [3.05, 3.63) is 22.9 Å². The Bertz CT molecular complexity index is 739. The summed E-state index contributed by atoms with van der Waals surface area (Å²) in [6, 6.07) is 1.95. The lowest BCUT2D eigenvalue weighted by molar-refractivity contribution is 0.619. The Balaban J connectivity index is 2.37. The molecule has 2 rings (SSSR count). The van der Waals surface area contributed by atoms with E-state index in [1.165, 1.54) is 0 Å². The van der Waals surface area contributed by atoms with Crippen molar-refractivity contribution in [1.29, 1.82) is 0 Å². The molecule has 0 saturated carbocycles. The maximum atomic E-state index is 6.06. The number of nitrogen functional groups attached to an aromatic ring is 1. The number of rotatable bonds is 5. The molecule has 128 valence electrons.